The monoisotopic (exact) mass is 539 g/mol. The number of carboxylic acids is 1. The summed E-state index contributed by atoms with van der Waals surface area (Å²) in [5, 5.41) is 15.9. The third-order valence-electron chi connectivity index (χ3n) is 4.85. The largest absolute Gasteiger partial charge is 0.477 e. The fourth-order valence-corrected chi connectivity index (χ4v) is 5.44. The number of thiazole rings is 1. The van der Waals surface area contributed by atoms with E-state index in [1.165, 1.54) is 17.8 Å². The SMILES string of the molecule is C/C=C(\C(=O)N[C@@H]1C(=O)N2C(C(=O)O)=C(COC(N)=O)CS[C@H]12)c1csc(NC(=O)OC(C)(C)C)n1. The molecule has 0 spiro atoms. The number of hydrogen-bond donors (Lipinski definition) is 4. The number of carboxylic acid groups (broad SMARTS) is 1. The van der Waals surface area contributed by atoms with E-state index >= 15 is 0 Å². The second-order valence-electron chi connectivity index (χ2n) is 8.59. The lowest BCUT2D eigenvalue weighted by Gasteiger charge is -2.49. The van der Waals surface area contributed by atoms with Crippen LogP contribution in [-0.2, 0) is 23.9 Å². The predicted octanol–water partition coefficient (Wildman–Crippen LogP) is 1.73. The Morgan fingerprint density at radius 1 is 1.33 bits per heavy atom. The summed E-state index contributed by atoms with van der Waals surface area (Å²) >= 11 is 2.31. The smallest absolute Gasteiger partial charge is 0.413 e. The topological polar surface area (TPSA) is 190 Å². The van der Waals surface area contributed by atoms with Gasteiger partial charge in [0.15, 0.2) is 5.13 Å². The van der Waals surface area contributed by atoms with Crippen LogP contribution in [0.5, 0.6) is 0 Å². The first-order valence-electron chi connectivity index (χ1n) is 10.6. The number of hydrogen-bond acceptors (Lipinski definition) is 10. The molecule has 0 unspecified atom stereocenters. The number of β-lactam (4-membered cyclic amide) rings is 1. The molecular formula is C21H25N5O8S2. The number of carbonyl (C=O) groups excluding carboxylic acids is 4. The number of carbonyl (C=O) groups is 5. The van der Waals surface area contributed by atoms with E-state index in [1.54, 1.807) is 33.1 Å². The summed E-state index contributed by atoms with van der Waals surface area (Å²) in [6.07, 6.45) is -0.240. The number of thioether (sulfide) groups is 1. The van der Waals surface area contributed by atoms with Crippen molar-refractivity contribution in [1.29, 1.82) is 0 Å². The molecule has 3 rings (SSSR count). The maximum atomic E-state index is 13.0. The average Bonchev–Trinajstić information content (AvgIpc) is 3.21. The van der Waals surface area contributed by atoms with Crippen LogP contribution in [0.15, 0.2) is 22.7 Å². The molecule has 5 N–H and O–H groups in total. The van der Waals surface area contributed by atoms with Crippen molar-refractivity contribution in [2.45, 2.75) is 44.7 Å². The van der Waals surface area contributed by atoms with Crippen molar-refractivity contribution in [1.82, 2.24) is 15.2 Å². The molecule has 0 aromatic carbocycles. The van der Waals surface area contributed by atoms with Gasteiger partial charge in [0, 0.05) is 16.7 Å². The third-order valence-corrected chi connectivity index (χ3v) is 6.94. The standard InChI is InChI=1S/C21H25N5O8S2/c1-5-10(11-8-36-19(23-11)25-20(32)34-21(2,3)4)14(27)24-12-15(28)26-13(17(29)30)9(6-33-18(22)31)7-35-16(12)26/h5,8,12,16H,6-7H2,1-4H3,(H2,22,31)(H,24,27)(H,29,30)(H,23,25,32)/b10-5-/t12-,16-/m1/s1. The first kappa shape index (κ1) is 27.0. The van der Waals surface area contributed by atoms with Crippen LogP contribution in [0.3, 0.4) is 0 Å². The molecule has 36 heavy (non-hydrogen) atoms. The van der Waals surface area contributed by atoms with Crippen LogP contribution in [0.2, 0.25) is 0 Å². The number of nitrogens with two attached hydrogens (primary N) is 1. The van der Waals surface area contributed by atoms with Crippen LogP contribution < -0.4 is 16.4 Å². The number of allylic oxidation sites excluding steroid dienone is 1. The maximum absolute atomic E-state index is 13.0. The number of aliphatic carboxylic acids is 1. The minimum Gasteiger partial charge on any atom is -0.477 e. The minimum absolute atomic E-state index is 0.165. The van der Waals surface area contributed by atoms with E-state index in [2.05, 4.69) is 20.4 Å². The Bertz CT molecular complexity index is 1170. The molecule has 2 aliphatic rings. The molecule has 13 nitrogen and oxygen atoms in total. The summed E-state index contributed by atoms with van der Waals surface area (Å²) in [6.45, 7) is 6.43. The molecule has 1 aromatic heterocycles. The Morgan fingerprint density at radius 3 is 2.61 bits per heavy atom. The number of anilines is 1. The van der Waals surface area contributed by atoms with Crippen molar-refractivity contribution in [2.24, 2.45) is 5.73 Å². The number of primary amides is 1. The summed E-state index contributed by atoms with van der Waals surface area (Å²) in [5.74, 6) is -2.40. The number of aromatic nitrogens is 1. The number of nitrogens with zero attached hydrogens (tertiary/aromatic N) is 2. The fraction of sp³-hybridized carbons (Fsp3) is 0.429. The fourth-order valence-electron chi connectivity index (χ4n) is 3.41. The van der Waals surface area contributed by atoms with Crippen molar-refractivity contribution in [2.75, 3.05) is 17.7 Å². The Kier molecular flexibility index (Phi) is 7.93. The van der Waals surface area contributed by atoms with E-state index in [9.17, 15) is 29.1 Å². The number of nitrogens with one attached hydrogen (secondary N) is 2. The minimum atomic E-state index is -1.36. The molecule has 2 atom stereocenters. The lowest BCUT2D eigenvalue weighted by atomic mass is 10.0. The van der Waals surface area contributed by atoms with E-state index in [1.807, 2.05) is 0 Å². The van der Waals surface area contributed by atoms with Crippen molar-refractivity contribution < 1.29 is 38.6 Å². The van der Waals surface area contributed by atoms with E-state index in [-0.39, 0.29) is 40.0 Å². The van der Waals surface area contributed by atoms with Crippen LogP contribution in [0, 0.1) is 0 Å². The third kappa shape index (κ3) is 5.96. The Labute approximate surface area is 214 Å². The molecule has 1 fully saturated rings. The second-order valence-corrected chi connectivity index (χ2v) is 10.6. The normalized spacial score (nSPS) is 19.7. The predicted molar refractivity (Wildman–Crippen MR) is 131 cm³/mol. The molecule has 3 heterocycles. The van der Waals surface area contributed by atoms with Gasteiger partial charge in [-0.05, 0) is 27.7 Å². The maximum Gasteiger partial charge on any atom is 0.413 e. The molecule has 2 aliphatic heterocycles. The number of amides is 4. The summed E-state index contributed by atoms with van der Waals surface area (Å²) in [4.78, 5) is 65.7. The summed E-state index contributed by atoms with van der Waals surface area (Å²) in [5.41, 5.74) is 4.64. The van der Waals surface area contributed by atoms with Gasteiger partial charge in [-0.2, -0.15) is 0 Å². The Hall–Kier alpha value is -3.59. The molecule has 0 aliphatic carbocycles. The molecule has 0 bridgehead atoms. The van der Waals surface area contributed by atoms with Crippen LogP contribution in [0.4, 0.5) is 14.7 Å². The van der Waals surface area contributed by atoms with Crippen LogP contribution >= 0.6 is 23.1 Å². The van der Waals surface area contributed by atoms with Gasteiger partial charge in [-0.3, -0.25) is 19.8 Å². The first-order valence-corrected chi connectivity index (χ1v) is 12.5. The Balaban J connectivity index is 1.68. The van der Waals surface area contributed by atoms with Crippen molar-refractivity contribution >= 4 is 63.8 Å². The first-order chi connectivity index (χ1) is 16.8. The molecule has 15 heteroatoms. The van der Waals surface area contributed by atoms with Crippen molar-refractivity contribution in [3.8, 4) is 0 Å². The zero-order chi connectivity index (χ0) is 26.8. The van der Waals surface area contributed by atoms with E-state index in [4.69, 9.17) is 10.5 Å². The van der Waals surface area contributed by atoms with Crippen molar-refractivity contribution in [3.63, 3.8) is 0 Å². The van der Waals surface area contributed by atoms with Gasteiger partial charge in [-0.25, -0.2) is 19.4 Å². The molecular weight excluding hydrogens is 514 g/mol. The molecule has 0 radical (unpaired) electrons. The number of fused-ring (bicyclic) bond motifs is 1. The molecule has 1 saturated heterocycles. The average molecular weight is 540 g/mol. The van der Waals surface area contributed by atoms with Gasteiger partial charge in [0.05, 0.1) is 11.3 Å². The zero-order valence-corrected chi connectivity index (χ0v) is 21.4. The summed E-state index contributed by atoms with van der Waals surface area (Å²) < 4.78 is 9.87. The highest BCUT2D eigenvalue weighted by molar-refractivity contribution is 8.00. The zero-order valence-electron chi connectivity index (χ0n) is 19.8. The lowest BCUT2D eigenvalue weighted by Crippen LogP contribution is -2.70. The molecule has 1 aromatic rings. The number of rotatable bonds is 7. The quantitative estimate of drug-likeness (QED) is 0.293. The molecule has 0 saturated carbocycles. The van der Waals surface area contributed by atoms with Gasteiger partial charge in [0.1, 0.15) is 29.3 Å². The highest BCUT2D eigenvalue weighted by Gasteiger charge is 2.54. The Morgan fingerprint density at radius 2 is 2.03 bits per heavy atom. The molecule has 4 amide bonds. The van der Waals surface area contributed by atoms with E-state index in [0.29, 0.717) is 0 Å². The van der Waals surface area contributed by atoms with E-state index in [0.717, 1.165) is 16.2 Å². The second kappa shape index (κ2) is 10.6. The van der Waals surface area contributed by atoms with Crippen LogP contribution in [0.25, 0.3) is 5.57 Å². The van der Waals surface area contributed by atoms with Gasteiger partial charge >= 0.3 is 18.2 Å². The highest BCUT2D eigenvalue weighted by atomic mass is 32.2. The van der Waals surface area contributed by atoms with Gasteiger partial charge in [-0.15, -0.1) is 23.1 Å². The summed E-state index contributed by atoms with van der Waals surface area (Å²) in [7, 11) is 0. The van der Waals surface area contributed by atoms with Gasteiger partial charge in [0.2, 0.25) is 0 Å². The van der Waals surface area contributed by atoms with Gasteiger partial charge in [-0.1, -0.05) is 6.08 Å². The van der Waals surface area contributed by atoms with Crippen molar-refractivity contribution in [3.05, 3.63) is 28.4 Å². The van der Waals surface area contributed by atoms with Gasteiger partial charge < -0.3 is 25.6 Å². The van der Waals surface area contributed by atoms with Crippen LogP contribution in [0.1, 0.15) is 33.4 Å². The highest BCUT2D eigenvalue weighted by Crippen LogP contribution is 2.40. The lowest BCUT2D eigenvalue weighted by molar-refractivity contribution is -0.150. The molecule has 194 valence electrons. The summed E-state index contributed by atoms with van der Waals surface area (Å²) in [6, 6.07) is -0.969. The number of ether oxygens (including phenoxy) is 2. The van der Waals surface area contributed by atoms with Gasteiger partial charge in [0.25, 0.3) is 11.8 Å². The van der Waals surface area contributed by atoms with E-state index < -0.39 is 47.0 Å². The van der Waals surface area contributed by atoms with Crippen LogP contribution in [-0.4, -0.2) is 74.3 Å².